The Morgan fingerprint density at radius 3 is 2.83 bits per heavy atom. The van der Waals surface area contributed by atoms with Crippen molar-refractivity contribution in [3.8, 4) is 0 Å². The Hall–Kier alpha value is -2.25. The van der Waals surface area contributed by atoms with Crippen molar-refractivity contribution in [2.24, 2.45) is 0 Å². The number of carbonyl (C=O) groups excluding carboxylic acids is 3. The van der Waals surface area contributed by atoms with Gasteiger partial charge in [0.2, 0.25) is 11.8 Å². The number of rotatable bonds is 2. The molecule has 7 nitrogen and oxygen atoms in total. The molecule has 2 fully saturated rings. The van der Waals surface area contributed by atoms with E-state index in [1.54, 1.807) is 4.90 Å². The fourth-order valence-corrected chi connectivity index (χ4v) is 3.59. The molecule has 0 spiro atoms. The van der Waals surface area contributed by atoms with E-state index in [9.17, 15) is 14.4 Å². The highest BCUT2D eigenvalue weighted by Crippen LogP contribution is 2.30. The Balaban J connectivity index is 1.55. The van der Waals surface area contributed by atoms with Crippen LogP contribution in [0.15, 0.2) is 18.2 Å². The van der Waals surface area contributed by atoms with E-state index in [1.165, 1.54) is 0 Å². The molecule has 0 aromatic heterocycles. The van der Waals surface area contributed by atoms with E-state index in [-0.39, 0.29) is 30.2 Å². The number of imide groups is 1. The molecular formula is C17H19N3O4. The number of fused-ring (bicyclic) bond motifs is 1. The molecule has 1 aromatic carbocycles. The first-order chi connectivity index (χ1) is 11.6. The van der Waals surface area contributed by atoms with E-state index in [4.69, 9.17) is 4.74 Å². The molecule has 4 rings (SSSR count). The van der Waals surface area contributed by atoms with Crippen LogP contribution < -0.4 is 10.6 Å². The summed E-state index contributed by atoms with van der Waals surface area (Å²) < 4.78 is 5.49. The predicted molar refractivity (Wildman–Crippen MR) is 84.0 cm³/mol. The van der Waals surface area contributed by atoms with Crippen LogP contribution >= 0.6 is 0 Å². The highest BCUT2D eigenvalue weighted by Gasteiger charge is 2.39. The molecule has 2 unspecified atom stereocenters. The average Bonchev–Trinajstić information content (AvgIpc) is 2.92. The summed E-state index contributed by atoms with van der Waals surface area (Å²) in [5.41, 5.74) is 2.65. The number of carbonyl (C=O) groups is 3. The number of hydrogen-bond donors (Lipinski definition) is 2. The Kier molecular flexibility index (Phi) is 3.82. The largest absolute Gasteiger partial charge is 0.378 e. The lowest BCUT2D eigenvalue weighted by Gasteiger charge is -2.29. The number of morpholine rings is 1. The summed E-state index contributed by atoms with van der Waals surface area (Å²) >= 11 is 0. The monoisotopic (exact) mass is 329 g/mol. The van der Waals surface area contributed by atoms with Crippen LogP contribution in [-0.2, 0) is 20.9 Å². The molecule has 7 heteroatoms. The third-order valence-electron chi connectivity index (χ3n) is 4.87. The summed E-state index contributed by atoms with van der Waals surface area (Å²) in [6.45, 7) is 2.54. The van der Waals surface area contributed by atoms with Crippen LogP contribution in [0, 0.1) is 0 Å². The molecular weight excluding hydrogens is 310 g/mol. The number of nitrogens with one attached hydrogen (secondary N) is 2. The molecule has 126 valence electrons. The summed E-state index contributed by atoms with van der Waals surface area (Å²) in [5, 5.41) is 5.72. The van der Waals surface area contributed by atoms with Crippen molar-refractivity contribution in [1.29, 1.82) is 0 Å². The van der Waals surface area contributed by atoms with Gasteiger partial charge >= 0.3 is 0 Å². The fraction of sp³-hybridized carbons (Fsp3) is 0.471. The summed E-state index contributed by atoms with van der Waals surface area (Å²) in [7, 11) is 0. The zero-order chi connectivity index (χ0) is 16.7. The minimum Gasteiger partial charge on any atom is -0.378 e. The molecule has 3 amide bonds. The Bertz CT molecular complexity index is 712. The lowest BCUT2D eigenvalue weighted by Crippen LogP contribution is -2.52. The van der Waals surface area contributed by atoms with Crippen LogP contribution in [0.25, 0.3) is 0 Å². The van der Waals surface area contributed by atoms with Gasteiger partial charge in [0.15, 0.2) is 0 Å². The first kappa shape index (κ1) is 15.3. The van der Waals surface area contributed by atoms with Crippen LogP contribution in [0.4, 0.5) is 0 Å². The third-order valence-corrected chi connectivity index (χ3v) is 4.87. The molecule has 0 aliphatic carbocycles. The van der Waals surface area contributed by atoms with E-state index >= 15 is 0 Å². The minimum absolute atomic E-state index is 0.129. The number of piperidine rings is 1. The van der Waals surface area contributed by atoms with Gasteiger partial charge in [-0.3, -0.25) is 19.7 Å². The molecule has 24 heavy (non-hydrogen) atoms. The molecule has 2 atom stereocenters. The molecule has 2 saturated heterocycles. The van der Waals surface area contributed by atoms with Crippen LogP contribution in [0.2, 0.25) is 0 Å². The van der Waals surface area contributed by atoms with Gasteiger partial charge in [-0.15, -0.1) is 0 Å². The van der Waals surface area contributed by atoms with Crippen molar-refractivity contribution >= 4 is 17.7 Å². The highest BCUT2D eigenvalue weighted by atomic mass is 16.5. The lowest BCUT2D eigenvalue weighted by atomic mass is 10.0. The summed E-state index contributed by atoms with van der Waals surface area (Å²) in [4.78, 5) is 37.6. The van der Waals surface area contributed by atoms with Gasteiger partial charge in [-0.25, -0.2) is 0 Å². The number of ether oxygens (including phenoxy) is 1. The highest BCUT2D eigenvalue weighted by molar-refractivity contribution is 6.05. The normalized spacial score (nSPS) is 27.2. The molecule has 2 N–H and O–H groups in total. The van der Waals surface area contributed by atoms with Crippen molar-refractivity contribution in [2.45, 2.75) is 31.5 Å². The second-order valence-corrected chi connectivity index (χ2v) is 6.40. The molecule has 3 aliphatic rings. The van der Waals surface area contributed by atoms with Crippen LogP contribution in [-0.4, -0.2) is 48.4 Å². The van der Waals surface area contributed by atoms with Crippen molar-refractivity contribution in [1.82, 2.24) is 15.5 Å². The maximum atomic E-state index is 12.6. The Labute approximate surface area is 139 Å². The van der Waals surface area contributed by atoms with Crippen LogP contribution in [0.3, 0.4) is 0 Å². The maximum Gasteiger partial charge on any atom is 0.255 e. The van der Waals surface area contributed by atoms with E-state index in [1.807, 2.05) is 18.2 Å². The molecule has 0 bridgehead atoms. The van der Waals surface area contributed by atoms with Gasteiger partial charge in [0.1, 0.15) is 6.04 Å². The van der Waals surface area contributed by atoms with Gasteiger partial charge in [0.25, 0.3) is 5.91 Å². The van der Waals surface area contributed by atoms with Crippen molar-refractivity contribution in [3.05, 3.63) is 34.9 Å². The fourth-order valence-electron chi connectivity index (χ4n) is 3.59. The van der Waals surface area contributed by atoms with E-state index in [0.717, 1.165) is 17.7 Å². The number of amides is 3. The Morgan fingerprint density at radius 2 is 2.08 bits per heavy atom. The number of hydrogen-bond acceptors (Lipinski definition) is 5. The summed E-state index contributed by atoms with van der Waals surface area (Å²) in [6.07, 6.45) is 0.653. The minimum atomic E-state index is -0.567. The molecule has 0 saturated carbocycles. The van der Waals surface area contributed by atoms with Crippen molar-refractivity contribution in [3.63, 3.8) is 0 Å². The van der Waals surface area contributed by atoms with Crippen molar-refractivity contribution in [2.75, 3.05) is 19.8 Å². The molecule has 0 radical (unpaired) electrons. The second kappa shape index (κ2) is 5.99. The maximum absolute atomic E-state index is 12.6. The first-order valence-corrected chi connectivity index (χ1v) is 8.22. The Morgan fingerprint density at radius 1 is 1.21 bits per heavy atom. The number of nitrogens with zero attached hydrogens (tertiary/aromatic N) is 1. The van der Waals surface area contributed by atoms with Crippen LogP contribution in [0.5, 0.6) is 0 Å². The zero-order valence-electron chi connectivity index (χ0n) is 13.2. The molecule has 3 aliphatic heterocycles. The molecule has 1 aromatic rings. The van der Waals surface area contributed by atoms with Gasteiger partial charge in [-0.05, 0) is 23.6 Å². The van der Waals surface area contributed by atoms with Crippen molar-refractivity contribution < 1.29 is 19.1 Å². The van der Waals surface area contributed by atoms with E-state index in [2.05, 4.69) is 10.6 Å². The number of benzene rings is 1. The smallest absolute Gasteiger partial charge is 0.255 e. The SMILES string of the molecule is O=C1CCC(N2Cc3cc(C4COCCN4)ccc3C2=O)C(=O)N1. The van der Waals surface area contributed by atoms with E-state index in [0.29, 0.717) is 31.7 Å². The topological polar surface area (TPSA) is 87.7 Å². The summed E-state index contributed by atoms with van der Waals surface area (Å²) in [5.74, 6) is -0.792. The average molecular weight is 329 g/mol. The first-order valence-electron chi connectivity index (χ1n) is 8.22. The molecule has 3 heterocycles. The van der Waals surface area contributed by atoms with Gasteiger partial charge < -0.3 is 15.0 Å². The van der Waals surface area contributed by atoms with Gasteiger partial charge in [0.05, 0.1) is 19.3 Å². The predicted octanol–water partition coefficient (Wildman–Crippen LogP) is 0.109. The third kappa shape index (κ3) is 2.59. The van der Waals surface area contributed by atoms with Crippen LogP contribution in [0.1, 0.15) is 40.4 Å². The zero-order valence-corrected chi connectivity index (χ0v) is 13.2. The standard InChI is InChI=1S/C17H19N3O4/c21-15-4-3-14(16(22)19-15)20-8-11-7-10(1-2-12(11)17(20)23)13-9-24-6-5-18-13/h1-2,7,13-14,18H,3-6,8-9H2,(H,19,21,22). The summed E-state index contributed by atoms with van der Waals surface area (Å²) in [6, 6.07) is 5.35. The quantitative estimate of drug-likeness (QED) is 0.752. The van der Waals surface area contributed by atoms with E-state index < -0.39 is 6.04 Å². The lowest BCUT2D eigenvalue weighted by molar-refractivity contribution is -0.136. The van der Waals surface area contributed by atoms with Gasteiger partial charge in [0, 0.05) is 25.1 Å². The second-order valence-electron chi connectivity index (χ2n) is 6.40. The van der Waals surface area contributed by atoms with Gasteiger partial charge in [-0.1, -0.05) is 12.1 Å². The van der Waals surface area contributed by atoms with Gasteiger partial charge in [-0.2, -0.15) is 0 Å².